The van der Waals surface area contributed by atoms with E-state index in [0.29, 0.717) is 45.1 Å². The second-order valence-electron chi connectivity index (χ2n) is 7.83. The summed E-state index contributed by atoms with van der Waals surface area (Å²) in [6, 6.07) is -3.40. The minimum Gasteiger partial charge on any atom is -0.356 e. The molecule has 0 aromatic carbocycles. The van der Waals surface area contributed by atoms with Gasteiger partial charge in [0.25, 0.3) is 0 Å². The topological polar surface area (TPSA) is 226 Å². The number of guanidine groups is 1. The maximum absolute atomic E-state index is 12.8. The molecule has 0 aliphatic carbocycles. The van der Waals surface area contributed by atoms with Crippen molar-refractivity contribution in [2.45, 2.75) is 77.0 Å². The number of carbonyl (C=O) groups excluding carboxylic acids is 5. The zero-order chi connectivity index (χ0) is 25.4. The minimum atomic E-state index is -0.949. The Morgan fingerprint density at radius 1 is 0.909 bits per heavy atom. The Morgan fingerprint density at radius 2 is 1.58 bits per heavy atom. The Bertz CT molecular complexity index is 694. The fourth-order valence-corrected chi connectivity index (χ4v) is 2.73. The lowest BCUT2D eigenvalue weighted by Gasteiger charge is -2.23. The van der Waals surface area contributed by atoms with Crippen LogP contribution in [0.1, 0.15) is 52.9 Å². The molecule has 0 bridgehead atoms. The van der Waals surface area contributed by atoms with Gasteiger partial charge in [-0.15, -0.1) is 0 Å². The number of nitrogens with one attached hydrogen (secondary N) is 5. The third-order valence-corrected chi connectivity index (χ3v) is 4.61. The predicted octanol–water partition coefficient (Wildman–Crippen LogP) is -4.55. The lowest BCUT2D eigenvalue weighted by atomic mass is 10.1. The highest BCUT2D eigenvalue weighted by Crippen LogP contribution is 2.03. The summed E-state index contributed by atoms with van der Waals surface area (Å²) in [4.78, 5) is 62.0. The first kappa shape index (κ1) is 29.8. The van der Waals surface area contributed by atoms with Crippen LogP contribution in [0.5, 0.6) is 0 Å². The molecule has 0 saturated carbocycles. The molecule has 0 spiro atoms. The van der Waals surface area contributed by atoms with Gasteiger partial charge in [-0.25, -0.2) is 0 Å². The number of carbonyl (C=O) groups is 5. The molecular formula is C20H39N8O5+. The van der Waals surface area contributed by atoms with E-state index in [-0.39, 0.29) is 18.3 Å². The van der Waals surface area contributed by atoms with E-state index in [1.54, 1.807) is 0 Å². The molecule has 13 heteroatoms. The highest BCUT2D eigenvalue weighted by Gasteiger charge is 2.26. The van der Waals surface area contributed by atoms with E-state index in [1.807, 2.05) is 0 Å². The molecule has 0 aliphatic heterocycles. The van der Waals surface area contributed by atoms with Gasteiger partial charge in [0.2, 0.25) is 23.6 Å². The van der Waals surface area contributed by atoms with Crippen molar-refractivity contribution in [2.75, 3.05) is 13.1 Å². The molecule has 0 saturated heterocycles. The van der Waals surface area contributed by atoms with Crippen molar-refractivity contribution in [1.29, 1.82) is 0 Å². The number of aldehydes is 1. The third kappa shape index (κ3) is 14.5. The lowest BCUT2D eigenvalue weighted by molar-refractivity contribution is -0.459. The summed E-state index contributed by atoms with van der Waals surface area (Å²) in [6.45, 7) is 5.23. The van der Waals surface area contributed by atoms with Crippen LogP contribution in [0.3, 0.4) is 0 Å². The van der Waals surface area contributed by atoms with Crippen molar-refractivity contribution < 1.29 is 29.0 Å². The second kappa shape index (κ2) is 16.4. The van der Waals surface area contributed by atoms with Crippen LogP contribution in [0.15, 0.2) is 0 Å². The minimum absolute atomic E-state index is 0.0348. The number of hydrogen-bond donors (Lipinski definition) is 8. The van der Waals surface area contributed by atoms with E-state index < -0.39 is 41.9 Å². The summed E-state index contributed by atoms with van der Waals surface area (Å²) in [5, 5.41) is 10.4. The number of hydrogen-bond acceptors (Lipinski definition) is 6. The summed E-state index contributed by atoms with van der Waals surface area (Å²) in [5.41, 5.74) is 16.2. The van der Waals surface area contributed by atoms with Crippen LogP contribution in [-0.2, 0) is 24.0 Å². The van der Waals surface area contributed by atoms with E-state index in [0.717, 1.165) is 0 Å². The smallest absolute Gasteiger partial charge is 0.338 e. The van der Waals surface area contributed by atoms with E-state index >= 15 is 0 Å². The number of unbranched alkanes of at least 4 members (excludes halogenated alkanes) is 1. The molecule has 0 radical (unpaired) electrons. The van der Waals surface area contributed by atoms with Crippen molar-refractivity contribution in [3.05, 3.63) is 0 Å². The first-order chi connectivity index (χ1) is 15.5. The van der Waals surface area contributed by atoms with Crippen LogP contribution in [0, 0.1) is 0 Å². The average Bonchev–Trinajstić information content (AvgIpc) is 2.73. The van der Waals surface area contributed by atoms with Gasteiger partial charge in [0.1, 0.15) is 18.4 Å². The van der Waals surface area contributed by atoms with Crippen LogP contribution < -0.4 is 43.5 Å². The molecule has 0 aromatic heterocycles. The molecule has 4 atom stereocenters. The van der Waals surface area contributed by atoms with E-state index in [4.69, 9.17) is 17.2 Å². The molecule has 0 fully saturated rings. The zero-order valence-electron chi connectivity index (χ0n) is 19.6. The molecule has 0 aromatic rings. The van der Waals surface area contributed by atoms with Gasteiger partial charge >= 0.3 is 5.96 Å². The molecule has 11 N–H and O–H groups in total. The molecule has 0 heterocycles. The molecule has 4 amide bonds. The fourth-order valence-electron chi connectivity index (χ4n) is 2.73. The normalized spacial score (nSPS) is 14.1. The quantitative estimate of drug-likeness (QED) is 0.0472. The van der Waals surface area contributed by atoms with Gasteiger partial charge in [0, 0.05) is 13.5 Å². The highest BCUT2D eigenvalue weighted by molar-refractivity contribution is 5.93. The van der Waals surface area contributed by atoms with E-state index in [2.05, 4.69) is 26.3 Å². The van der Waals surface area contributed by atoms with Crippen molar-refractivity contribution in [2.24, 2.45) is 17.2 Å². The maximum Gasteiger partial charge on any atom is 0.338 e. The highest BCUT2D eigenvalue weighted by atomic mass is 16.2. The predicted molar refractivity (Wildman–Crippen MR) is 122 cm³/mol. The van der Waals surface area contributed by atoms with Crippen molar-refractivity contribution >= 4 is 35.9 Å². The van der Waals surface area contributed by atoms with Crippen molar-refractivity contribution in [1.82, 2.24) is 21.3 Å². The van der Waals surface area contributed by atoms with E-state index in [9.17, 15) is 24.0 Å². The summed E-state index contributed by atoms with van der Waals surface area (Å²) in [7, 11) is 0. The maximum atomic E-state index is 12.8. The first-order valence-electron chi connectivity index (χ1n) is 11.0. The summed E-state index contributed by atoms with van der Waals surface area (Å²) < 4.78 is 0. The molecule has 13 nitrogen and oxygen atoms in total. The standard InChI is InChI=1S/C20H38N8O5/c1-12(21)17(31)26-13(2)18(32)28-16(8-6-10-25-20(22)23)19(33)27-15(11-29)7-4-5-9-24-14(3)30/h11-13,15-16H,4-10,21H2,1-3H3,(H,24,30)(H,26,31)(H,27,33)(H,28,32)(H4,22,23,25)/p+1/t12-,13-,15-,16-/m0/s1. The van der Waals surface area contributed by atoms with Gasteiger partial charge in [0.15, 0.2) is 0 Å². The molecule has 188 valence electrons. The zero-order valence-corrected chi connectivity index (χ0v) is 19.6. The summed E-state index contributed by atoms with van der Waals surface area (Å²) >= 11 is 0. The second-order valence-corrected chi connectivity index (χ2v) is 7.83. The fraction of sp³-hybridized carbons (Fsp3) is 0.700. The summed E-state index contributed by atoms with van der Waals surface area (Å²) in [5.74, 6) is -1.70. The van der Waals surface area contributed by atoms with Gasteiger partial charge in [0.05, 0.1) is 18.6 Å². The molecule has 33 heavy (non-hydrogen) atoms. The number of rotatable bonds is 16. The van der Waals surface area contributed by atoms with Crippen LogP contribution in [0.2, 0.25) is 0 Å². The van der Waals surface area contributed by atoms with Crippen molar-refractivity contribution in [3.63, 3.8) is 0 Å². The van der Waals surface area contributed by atoms with Gasteiger partial charge in [-0.05, 0) is 46.0 Å². The van der Waals surface area contributed by atoms with Crippen LogP contribution in [-0.4, -0.2) is 73.1 Å². The Morgan fingerprint density at radius 3 is 2.12 bits per heavy atom. The van der Waals surface area contributed by atoms with Gasteiger partial charge in [-0.3, -0.25) is 35.6 Å². The molecule has 0 aliphatic rings. The van der Waals surface area contributed by atoms with Gasteiger partial charge in [-0.1, -0.05) is 0 Å². The van der Waals surface area contributed by atoms with Gasteiger partial charge < -0.3 is 31.8 Å². The van der Waals surface area contributed by atoms with Crippen LogP contribution >= 0.6 is 0 Å². The Kier molecular flexibility index (Phi) is 14.8. The first-order valence-corrected chi connectivity index (χ1v) is 11.0. The molecule has 0 unspecified atom stereocenters. The Balaban J connectivity index is 4.98. The third-order valence-electron chi connectivity index (χ3n) is 4.61. The largest absolute Gasteiger partial charge is 0.356 e. The van der Waals surface area contributed by atoms with Crippen molar-refractivity contribution in [3.8, 4) is 0 Å². The Hall–Kier alpha value is -3.22. The van der Waals surface area contributed by atoms with Crippen LogP contribution in [0.25, 0.3) is 0 Å². The molecule has 0 rings (SSSR count). The lowest BCUT2D eigenvalue weighted by Crippen LogP contribution is -2.78. The van der Waals surface area contributed by atoms with E-state index in [1.165, 1.54) is 20.8 Å². The summed E-state index contributed by atoms with van der Waals surface area (Å²) in [6.07, 6.45) is 2.96. The van der Waals surface area contributed by atoms with Gasteiger partial charge in [-0.2, -0.15) is 0 Å². The number of nitrogens with two attached hydrogens (primary N) is 3. The SMILES string of the molecule is CC(=O)NCCCC[C@@H](C=O)NC(=O)[C@H](CCC[NH+]=C(N)N)NC(=O)[C@H](C)NC(=O)[C@H](C)N. The molecular weight excluding hydrogens is 432 g/mol. The monoisotopic (exact) mass is 471 g/mol. The average molecular weight is 472 g/mol. The Labute approximate surface area is 194 Å². The van der Waals surface area contributed by atoms with Crippen LogP contribution in [0.4, 0.5) is 0 Å². The number of amides is 4.